The number of hydrogen-bond acceptors (Lipinski definition) is 2. The van der Waals surface area contributed by atoms with Crippen molar-refractivity contribution in [1.29, 1.82) is 0 Å². The van der Waals surface area contributed by atoms with Gasteiger partial charge in [-0.15, -0.1) is 11.6 Å². The van der Waals surface area contributed by atoms with Crippen molar-refractivity contribution in [2.75, 3.05) is 18.8 Å². The van der Waals surface area contributed by atoms with E-state index in [9.17, 15) is 13.2 Å². The Morgan fingerprint density at radius 1 is 1.38 bits per heavy atom. The summed E-state index contributed by atoms with van der Waals surface area (Å²) in [5.41, 5.74) is -4.11. The van der Waals surface area contributed by atoms with Gasteiger partial charge in [0.1, 0.15) is 0 Å². The Morgan fingerprint density at radius 2 is 2.00 bits per heavy atom. The molecule has 0 aliphatic carbocycles. The van der Waals surface area contributed by atoms with Crippen molar-refractivity contribution in [2.45, 2.75) is 24.2 Å². The summed E-state index contributed by atoms with van der Waals surface area (Å²) in [5.74, 6) is 0.0557. The first-order valence-electron chi connectivity index (χ1n) is 3.97. The van der Waals surface area contributed by atoms with E-state index >= 15 is 0 Å². The smallest absolute Gasteiger partial charge is 0.316 e. The molecular weight excluding hydrogens is 223 g/mol. The van der Waals surface area contributed by atoms with Crippen LogP contribution in [0.15, 0.2) is 0 Å². The minimum absolute atomic E-state index is 0.00308. The van der Waals surface area contributed by atoms with Crippen LogP contribution in [0.1, 0.15) is 13.3 Å². The second-order valence-corrected chi connectivity index (χ2v) is 4.52. The lowest BCUT2D eigenvalue weighted by Crippen LogP contribution is -2.21. The van der Waals surface area contributed by atoms with Crippen LogP contribution in [-0.2, 0) is 0 Å². The van der Waals surface area contributed by atoms with E-state index in [1.54, 1.807) is 0 Å². The van der Waals surface area contributed by atoms with Crippen molar-refractivity contribution in [3.63, 3.8) is 0 Å². The third kappa shape index (κ3) is 12.4. The maximum Gasteiger partial charge on any atom is 0.441 e. The SMILES string of the molecule is CC(Cl)CCNCCSC(F)(F)F. The van der Waals surface area contributed by atoms with Crippen molar-refractivity contribution < 1.29 is 13.2 Å². The highest BCUT2D eigenvalue weighted by atomic mass is 35.5. The van der Waals surface area contributed by atoms with Crippen LogP contribution in [0.3, 0.4) is 0 Å². The quantitative estimate of drug-likeness (QED) is 0.561. The summed E-state index contributed by atoms with van der Waals surface area (Å²) in [6, 6.07) is 0. The molecule has 0 saturated carbocycles. The molecule has 1 atom stereocenters. The zero-order chi connectivity index (χ0) is 10.3. The van der Waals surface area contributed by atoms with Gasteiger partial charge in [0, 0.05) is 17.7 Å². The standard InChI is InChI=1S/C7H13ClF3NS/c1-6(8)2-3-12-4-5-13-7(9,10)11/h6,12H,2-5H2,1H3. The Labute approximate surface area is 85.4 Å². The highest BCUT2D eigenvalue weighted by Crippen LogP contribution is 2.29. The lowest BCUT2D eigenvalue weighted by atomic mass is 10.3. The molecule has 0 aliphatic heterocycles. The fraction of sp³-hybridized carbons (Fsp3) is 1.00. The highest BCUT2D eigenvalue weighted by molar-refractivity contribution is 8.00. The second kappa shape index (κ2) is 6.79. The molecule has 0 aromatic heterocycles. The molecule has 13 heavy (non-hydrogen) atoms. The Kier molecular flexibility index (Phi) is 6.99. The van der Waals surface area contributed by atoms with E-state index in [4.69, 9.17) is 11.6 Å². The molecule has 0 saturated heterocycles. The van der Waals surface area contributed by atoms with Gasteiger partial charge in [0.05, 0.1) is 0 Å². The Bertz CT molecular complexity index is 129. The van der Waals surface area contributed by atoms with Gasteiger partial charge in [0.2, 0.25) is 0 Å². The predicted molar refractivity (Wildman–Crippen MR) is 51.3 cm³/mol. The summed E-state index contributed by atoms with van der Waals surface area (Å²) in [5, 5.41) is 2.96. The molecule has 0 bridgehead atoms. The van der Waals surface area contributed by atoms with Gasteiger partial charge in [-0.2, -0.15) is 13.2 Å². The third-order valence-electron chi connectivity index (χ3n) is 1.26. The predicted octanol–water partition coefficient (Wildman–Crippen LogP) is 2.85. The number of thioether (sulfide) groups is 1. The number of alkyl halides is 4. The normalized spacial score (nSPS) is 14.5. The maximum atomic E-state index is 11.6. The van der Waals surface area contributed by atoms with Gasteiger partial charge < -0.3 is 5.32 Å². The molecule has 0 aliphatic rings. The van der Waals surface area contributed by atoms with Crippen molar-refractivity contribution in [3.05, 3.63) is 0 Å². The topological polar surface area (TPSA) is 12.0 Å². The van der Waals surface area contributed by atoms with Crippen LogP contribution in [-0.4, -0.2) is 29.7 Å². The van der Waals surface area contributed by atoms with Crippen LogP contribution >= 0.6 is 23.4 Å². The summed E-state index contributed by atoms with van der Waals surface area (Å²) >= 11 is 5.63. The molecule has 0 heterocycles. The van der Waals surface area contributed by atoms with Gasteiger partial charge in [-0.3, -0.25) is 0 Å². The number of nitrogens with one attached hydrogen (secondary N) is 1. The summed E-state index contributed by atoms with van der Waals surface area (Å²) in [6.45, 7) is 2.89. The molecule has 0 amide bonds. The number of halogens is 4. The molecular formula is C7H13ClF3NS. The van der Waals surface area contributed by atoms with Crippen LogP contribution < -0.4 is 5.32 Å². The minimum atomic E-state index is -4.11. The van der Waals surface area contributed by atoms with E-state index in [-0.39, 0.29) is 22.9 Å². The van der Waals surface area contributed by atoms with E-state index in [0.717, 1.165) is 6.42 Å². The molecule has 1 N–H and O–H groups in total. The van der Waals surface area contributed by atoms with Crippen LogP contribution in [0.4, 0.5) is 13.2 Å². The first-order chi connectivity index (χ1) is 5.92. The van der Waals surface area contributed by atoms with E-state index in [0.29, 0.717) is 13.1 Å². The van der Waals surface area contributed by atoms with Crippen LogP contribution in [0.25, 0.3) is 0 Å². The van der Waals surface area contributed by atoms with Crippen LogP contribution in [0.2, 0.25) is 0 Å². The fourth-order valence-corrected chi connectivity index (χ4v) is 1.25. The molecule has 0 spiro atoms. The van der Waals surface area contributed by atoms with Crippen LogP contribution in [0, 0.1) is 0 Å². The molecule has 0 aromatic carbocycles. The van der Waals surface area contributed by atoms with E-state index in [2.05, 4.69) is 5.32 Å². The average Bonchev–Trinajstić information content (AvgIpc) is 1.93. The van der Waals surface area contributed by atoms with E-state index in [1.807, 2.05) is 6.92 Å². The lowest BCUT2D eigenvalue weighted by Gasteiger charge is -2.07. The van der Waals surface area contributed by atoms with Crippen LogP contribution in [0.5, 0.6) is 0 Å². The first-order valence-corrected chi connectivity index (χ1v) is 5.39. The molecule has 1 nitrogen and oxygen atoms in total. The highest BCUT2D eigenvalue weighted by Gasteiger charge is 2.27. The summed E-state index contributed by atoms with van der Waals surface area (Å²) in [4.78, 5) is 0. The summed E-state index contributed by atoms with van der Waals surface area (Å²) in [7, 11) is 0. The molecule has 0 aromatic rings. The molecule has 1 unspecified atom stereocenters. The Balaban J connectivity index is 3.09. The van der Waals surface area contributed by atoms with Gasteiger partial charge in [0.25, 0.3) is 0 Å². The molecule has 0 fully saturated rings. The largest absolute Gasteiger partial charge is 0.441 e. The molecule has 80 valence electrons. The van der Waals surface area contributed by atoms with Crippen molar-refractivity contribution in [1.82, 2.24) is 5.32 Å². The summed E-state index contributed by atoms with van der Waals surface area (Å²) < 4.78 is 34.8. The molecule has 6 heteroatoms. The first kappa shape index (κ1) is 13.4. The minimum Gasteiger partial charge on any atom is -0.316 e. The van der Waals surface area contributed by atoms with Crippen molar-refractivity contribution in [2.24, 2.45) is 0 Å². The number of rotatable bonds is 6. The van der Waals surface area contributed by atoms with Gasteiger partial charge in [0.15, 0.2) is 0 Å². The number of hydrogen-bond donors (Lipinski definition) is 1. The Morgan fingerprint density at radius 3 is 2.46 bits per heavy atom. The lowest BCUT2D eigenvalue weighted by molar-refractivity contribution is -0.0327. The maximum absolute atomic E-state index is 11.6. The van der Waals surface area contributed by atoms with E-state index in [1.165, 1.54) is 0 Å². The summed E-state index contributed by atoms with van der Waals surface area (Å²) in [6.07, 6.45) is 0.776. The van der Waals surface area contributed by atoms with Crippen molar-refractivity contribution in [3.8, 4) is 0 Å². The van der Waals surface area contributed by atoms with Gasteiger partial charge >= 0.3 is 5.51 Å². The molecule has 0 rings (SSSR count). The van der Waals surface area contributed by atoms with E-state index < -0.39 is 5.51 Å². The monoisotopic (exact) mass is 235 g/mol. The zero-order valence-electron chi connectivity index (χ0n) is 7.33. The second-order valence-electron chi connectivity index (χ2n) is 2.61. The van der Waals surface area contributed by atoms with Gasteiger partial charge in [-0.05, 0) is 31.7 Å². The third-order valence-corrected chi connectivity index (χ3v) is 2.22. The fourth-order valence-electron chi connectivity index (χ4n) is 0.665. The van der Waals surface area contributed by atoms with Gasteiger partial charge in [-0.25, -0.2) is 0 Å². The van der Waals surface area contributed by atoms with Gasteiger partial charge in [-0.1, -0.05) is 0 Å². The molecule has 0 radical (unpaired) electrons. The zero-order valence-corrected chi connectivity index (χ0v) is 8.90. The Hall–Kier alpha value is 0.390. The van der Waals surface area contributed by atoms with Crippen molar-refractivity contribution >= 4 is 23.4 Å². The average molecular weight is 236 g/mol.